The van der Waals surface area contributed by atoms with Gasteiger partial charge in [0.1, 0.15) is 6.04 Å². The van der Waals surface area contributed by atoms with Crippen molar-refractivity contribution < 1.29 is 9.59 Å². The van der Waals surface area contributed by atoms with Gasteiger partial charge in [0.25, 0.3) is 0 Å². The zero-order valence-electron chi connectivity index (χ0n) is 18.9. The number of nitrogens with one attached hydrogen (secondary N) is 2. The summed E-state index contributed by atoms with van der Waals surface area (Å²) >= 11 is 0. The van der Waals surface area contributed by atoms with Gasteiger partial charge in [0.15, 0.2) is 0 Å². The van der Waals surface area contributed by atoms with Crippen LogP contribution in [0.5, 0.6) is 0 Å². The maximum atomic E-state index is 13.6. The van der Waals surface area contributed by atoms with E-state index >= 15 is 0 Å². The number of fused-ring (bicyclic) bond motifs is 1. The number of benzene rings is 2. The molecule has 2 N–H and O–H groups in total. The lowest BCUT2D eigenvalue weighted by Crippen LogP contribution is -2.61. The van der Waals surface area contributed by atoms with Gasteiger partial charge in [-0.05, 0) is 42.4 Å². The van der Waals surface area contributed by atoms with Crippen molar-refractivity contribution in [3.05, 3.63) is 89.2 Å². The number of rotatable bonds is 6. The van der Waals surface area contributed by atoms with Crippen LogP contribution in [0, 0.1) is 5.92 Å². The molecule has 1 aliphatic carbocycles. The van der Waals surface area contributed by atoms with E-state index in [0.29, 0.717) is 6.54 Å². The van der Waals surface area contributed by atoms with Crippen LogP contribution in [0.2, 0.25) is 0 Å². The van der Waals surface area contributed by atoms with Crippen molar-refractivity contribution >= 4 is 11.8 Å². The van der Waals surface area contributed by atoms with Crippen LogP contribution >= 0.6 is 0 Å². The SMILES string of the molecule is CC(C(=O)N1CCC1C(=O)NC1CCc2[nH]ncc2C1)C(c1ccccc1)c1ccccc1. The zero-order valence-corrected chi connectivity index (χ0v) is 18.9. The monoisotopic (exact) mass is 442 g/mol. The number of H-pyrrole nitrogens is 1. The fraction of sp³-hybridized carbons (Fsp3) is 0.370. The molecule has 1 aliphatic heterocycles. The molecule has 6 heteroatoms. The van der Waals surface area contributed by atoms with Gasteiger partial charge in [-0.3, -0.25) is 14.7 Å². The van der Waals surface area contributed by atoms with Gasteiger partial charge in [0.05, 0.1) is 6.20 Å². The van der Waals surface area contributed by atoms with Crippen molar-refractivity contribution in [3.63, 3.8) is 0 Å². The van der Waals surface area contributed by atoms with Crippen molar-refractivity contribution in [1.82, 2.24) is 20.4 Å². The lowest BCUT2D eigenvalue weighted by atomic mass is 9.80. The number of carbonyl (C=O) groups is 2. The summed E-state index contributed by atoms with van der Waals surface area (Å²) < 4.78 is 0. The van der Waals surface area contributed by atoms with Crippen LogP contribution in [0.3, 0.4) is 0 Å². The third kappa shape index (κ3) is 4.30. The highest BCUT2D eigenvalue weighted by atomic mass is 16.2. The lowest BCUT2D eigenvalue weighted by molar-refractivity contribution is -0.150. The van der Waals surface area contributed by atoms with Crippen LogP contribution in [-0.2, 0) is 22.4 Å². The molecule has 2 aromatic carbocycles. The Balaban J connectivity index is 1.28. The molecule has 1 fully saturated rings. The molecule has 2 amide bonds. The Morgan fingerprint density at radius 1 is 1.03 bits per heavy atom. The maximum Gasteiger partial charge on any atom is 0.243 e. The van der Waals surface area contributed by atoms with E-state index in [1.165, 1.54) is 11.3 Å². The molecular formula is C27H30N4O2. The largest absolute Gasteiger partial charge is 0.351 e. The van der Waals surface area contributed by atoms with Crippen LogP contribution < -0.4 is 5.32 Å². The molecule has 6 nitrogen and oxygen atoms in total. The fourth-order valence-corrected chi connectivity index (χ4v) is 5.26. The van der Waals surface area contributed by atoms with Gasteiger partial charge in [-0.1, -0.05) is 67.6 Å². The molecule has 3 aromatic rings. The minimum Gasteiger partial charge on any atom is -0.351 e. The van der Waals surface area contributed by atoms with Crippen molar-refractivity contribution in [2.45, 2.75) is 50.6 Å². The van der Waals surface area contributed by atoms with Crippen LogP contribution in [0.1, 0.15) is 48.1 Å². The van der Waals surface area contributed by atoms with Crippen LogP contribution in [0.4, 0.5) is 0 Å². The number of amides is 2. The van der Waals surface area contributed by atoms with Crippen molar-refractivity contribution in [2.24, 2.45) is 5.92 Å². The Bertz CT molecular complexity index is 1070. The number of aryl methyl sites for hydroxylation is 1. The molecule has 170 valence electrons. The van der Waals surface area contributed by atoms with E-state index in [2.05, 4.69) is 39.8 Å². The summed E-state index contributed by atoms with van der Waals surface area (Å²) in [5.74, 6) is -0.315. The second-order valence-electron chi connectivity index (χ2n) is 9.25. The van der Waals surface area contributed by atoms with Gasteiger partial charge in [-0.25, -0.2) is 0 Å². The quantitative estimate of drug-likeness (QED) is 0.614. The lowest BCUT2D eigenvalue weighted by Gasteiger charge is -2.43. The smallest absolute Gasteiger partial charge is 0.243 e. The maximum absolute atomic E-state index is 13.6. The van der Waals surface area contributed by atoms with Gasteiger partial charge >= 0.3 is 0 Å². The minimum atomic E-state index is -0.377. The van der Waals surface area contributed by atoms with E-state index in [0.717, 1.165) is 36.8 Å². The molecule has 0 radical (unpaired) electrons. The van der Waals surface area contributed by atoms with E-state index in [1.807, 2.05) is 49.5 Å². The highest BCUT2D eigenvalue weighted by Gasteiger charge is 2.42. The molecule has 1 aromatic heterocycles. The molecule has 0 spiro atoms. The van der Waals surface area contributed by atoms with Crippen molar-refractivity contribution in [3.8, 4) is 0 Å². The zero-order chi connectivity index (χ0) is 22.8. The van der Waals surface area contributed by atoms with Gasteiger partial charge in [0, 0.05) is 30.1 Å². The van der Waals surface area contributed by atoms with E-state index in [4.69, 9.17) is 0 Å². The second kappa shape index (κ2) is 9.22. The molecule has 0 bridgehead atoms. The fourth-order valence-electron chi connectivity index (χ4n) is 5.26. The van der Waals surface area contributed by atoms with Gasteiger partial charge in [0.2, 0.25) is 11.8 Å². The Labute approximate surface area is 194 Å². The third-order valence-corrected chi connectivity index (χ3v) is 7.18. The number of likely N-dealkylation sites (tertiary alicyclic amines) is 1. The Morgan fingerprint density at radius 2 is 1.70 bits per heavy atom. The Kier molecular flexibility index (Phi) is 5.99. The molecule has 2 aliphatic rings. The normalized spacial score (nSPS) is 20.6. The van der Waals surface area contributed by atoms with E-state index in [9.17, 15) is 9.59 Å². The van der Waals surface area contributed by atoms with Gasteiger partial charge in [-0.15, -0.1) is 0 Å². The number of carbonyl (C=O) groups excluding carboxylic acids is 2. The topological polar surface area (TPSA) is 78.1 Å². The number of nitrogens with zero attached hydrogens (tertiary/aromatic N) is 2. The van der Waals surface area contributed by atoms with Gasteiger partial charge < -0.3 is 10.2 Å². The highest BCUT2D eigenvalue weighted by molar-refractivity contribution is 5.90. The minimum absolute atomic E-state index is 0.0327. The number of hydrogen-bond donors (Lipinski definition) is 2. The summed E-state index contributed by atoms with van der Waals surface area (Å²) in [5.41, 5.74) is 4.58. The predicted molar refractivity (Wildman–Crippen MR) is 127 cm³/mol. The highest BCUT2D eigenvalue weighted by Crippen LogP contribution is 2.35. The van der Waals surface area contributed by atoms with Crippen molar-refractivity contribution in [1.29, 1.82) is 0 Å². The molecule has 33 heavy (non-hydrogen) atoms. The summed E-state index contributed by atoms with van der Waals surface area (Å²) in [6, 6.07) is 20.1. The molecule has 3 atom stereocenters. The summed E-state index contributed by atoms with van der Waals surface area (Å²) in [6.45, 7) is 2.62. The first-order valence-corrected chi connectivity index (χ1v) is 11.8. The molecule has 3 unspecified atom stereocenters. The molecule has 5 rings (SSSR count). The second-order valence-corrected chi connectivity index (χ2v) is 9.25. The number of aromatic amines is 1. The molecular weight excluding hydrogens is 412 g/mol. The van der Waals surface area contributed by atoms with E-state index < -0.39 is 0 Å². The summed E-state index contributed by atoms with van der Waals surface area (Å²) in [4.78, 5) is 28.4. The third-order valence-electron chi connectivity index (χ3n) is 7.18. The van der Waals surface area contributed by atoms with Crippen LogP contribution in [0.15, 0.2) is 66.9 Å². The summed E-state index contributed by atoms with van der Waals surface area (Å²) in [6.07, 6.45) is 5.14. The first-order chi connectivity index (χ1) is 16.1. The predicted octanol–water partition coefficient (Wildman–Crippen LogP) is 3.45. The summed E-state index contributed by atoms with van der Waals surface area (Å²) in [5, 5.41) is 10.3. The molecule has 2 heterocycles. The number of aromatic nitrogens is 2. The van der Waals surface area contributed by atoms with Gasteiger partial charge in [-0.2, -0.15) is 5.10 Å². The Hall–Kier alpha value is -3.41. The summed E-state index contributed by atoms with van der Waals surface area (Å²) in [7, 11) is 0. The van der Waals surface area contributed by atoms with Crippen molar-refractivity contribution in [2.75, 3.05) is 6.54 Å². The van der Waals surface area contributed by atoms with Crippen LogP contribution in [-0.4, -0.2) is 45.5 Å². The van der Waals surface area contributed by atoms with E-state index in [1.54, 1.807) is 4.90 Å². The van der Waals surface area contributed by atoms with E-state index in [-0.39, 0.29) is 35.7 Å². The average molecular weight is 443 g/mol. The molecule has 0 saturated carbocycles. The first kappa shape index (κ1) is 21.4. The van der Waals surface area contributed by atoms with Crippen LogP contribution in [0.25, 0.3) is 0 Å². The number of hydrogen-bond acceptors (Lipinski definition) is 3. The first-order valence-electron chi connectivity index (χ1n) is 11.8. The average Bonchev–Trinajstić information content (AvgIpc) is 3.28. The standard InChI is InChI=1S/C27H30N4O2/c1-18(25(19-8-4-2-5-9-19)20-10-6-3-7-11-20)27(33)31-15-14-24(31)26(32)29-22-12-13-23-21(16-22)17-28-30-23/h2-11,17-18,22,24-25H,12-16H2,1H3,(H,28,30)(H,29,32). The Morgan fingerprint density at radius 3 is 2.30 bits per heavy atom. The molecule has 1 saturated heterocycles.